The van der Waals surface area contributed by atoms with Crippen molar-refractivity contribution in [3.8, 4) is 5.75 Å². The van der Waals surface area contributed by atoms with Gasteiger partial charge in [0.2, 0.25) is 5.91 Å². The minimum Gasteiger partial charge on any atom is -0.497 e. The number of ether oxygens (including phenoxy) is 1. The summed E-state index contributed by atoms with van der Waals surface area (Å²) in [7, 11) is 3.77. The Morgan fingerprint density at radius 3 is 2.78 bits per heavy atom. The fourth-order valence-electron chi connectivity index (χ4n) is 3.45. The van der Waals surface area contributed by atoms with Crippen LogP contribution in [0.2, 0.25) is 0 Å². The van der Waals surface area contributed by atoms with E-state index in [0.717, 1.165) is 31.0 Å². The first-order valence-electron chi connectivity index (χ1n) is 8.37. The van der Waals surface area contributed by atoms with Gasteiger partial charge in [0.05, 0.1) is 13.7 Å². The highest BCUT2D eigenvalue weighted by atomic mass is 32.2. The van der Waals surface area contributed by atoms with E-state index in [1.807, 2.05) is 28.8 Å². The minimum atomic E-state index is 0.278. The quantitative estimate of drug-likeness (QED) is 0.828. The molecule has 2 fully saturated rings. The van der Waals surface area contributed by atoms with Gasteiger partial charge in [-0.05, 0) is 43.3 Å². The van der Waals surface area contributed by atoms with Gasteiger partial charge in [0.25, 0.3) is 0 Å². The summed E-state index contributed by atoms with van der Waals surface area (Å²) in [4.78, 5) is 16.8. The van der Waals surface area contributed by atoms with Crippen LogP contribution in [0.5, 0.6) is 5.75 Å². The maximum atomic E-state index is 12.5. The van der Waals surface area contributed by atoms with E-state index in [9.17, 15) is 4.79 Å². The molecule has 126 valence electrons. The van der Waals surface area contributed by atoms with Crippen molar-refractivity contribution >= 4 is 17.7 Å². The second-order valence-corrected chi connectivity index (χ2v) is 7.68. The Bertz CT molecular complexity index is 528. The van der Waals surface area contributed by atoms with Gasteiger partial charge in [-0.2, -0.15) is 11.8 Å². The molecular formula is C18H26N2O2S. The highest BCUT2D eigenvalue weighted by Crippen LogP contribution is 2.29. The Morgan fingerprint density at radius 2 is 2.13 bits per heavy atom. The van der Waals surface area contributed by atoms with Crippen LogP contribution in [0.25, 0.3) is 0 Å². The number of amides is 1. The fourth-order valence-corrected chi connectivity index (χ4v) is 4.75. The normalized spacial score (nSPS) is 24.4. The number of rotatable bonds is 5. The summed E-state index contributed by atoms with van der Waals surface area (Å²) in [6, 6.07) is 8.83. The van der Waals surface area contributed by atoms with Crippen molar-refractivity contribution in [2.75, 3.05) is 45.3 Å². The molecule has 0 radical (unpaired) electrons. The van der Waals surface area contributed by atoms with E-state index in [0.29, 0.717) is 18.5 Å². The molecule has 0 N–H and O–H groups in total. The lowest BCUT2D eigenvalue weighted by Crippen LogP contribution is -2.42. The number of hydrogen-bond donors (Lipinski definition) is 0. The number of thioether (sulfide) groups is 1. The SMILES string of the molecule is COc1ccc([C@@H]2CCN(C(=O)CN(C)[C@H]3CCSC3)C2)cc1. The molecule has 23 heavy (non-hydrogen) atoms. The van der Waals surface area contributed by atoms with Crippen LogP contribution in [0.15, 0.2) is 24.3 Å². The second-order valence-electron chi connectivity index (χ2n) is 6.53. The van der Waals surface area contributed by atoms with E-state index < -0.39 is 0 Å². The maximum absolute atomic E-state index is 12.5. The number of carbonyl (C=O) groups excluding carboxylic acids is 1. The third kappa shape index (κ3) is 4.01. The molecule has 1 aromatic rings. The van der Waals surface area contributed by atoms with Crippen molar-refractivity contribution in [2.24, 2.45) is 0 Å². The lowest BCUT2D eigenvalue weighted by Gasteiger charge is -2.25. The molecule has 5 heteroatoms. The van der Waals surface area contributed by atoms with Gasteiger partial charge in [0.1, 0.15) is 5.75 Å². The molecule has 2 saturated heterocycles. The second kappa shape index (κ2) is 7.58. The largest absolute Gasteiger partial charge is 0.497 e. The molecule has 3 rings (SSSR count). The van der Waals surface area contributed by atoms with Gasteiger partial charge < -0.3 is 9.64 Å². The third-order valence-electron chi connectivity index (χ3n) is 5.04. The lowest BCUT2D eigenvalue weighted by molar-refractivity contribution is -0.131. The van der Waals surface area contributed by atoms with Crippen molar-refractivity contribution in [1.29, 1.82) is 0 Å². The lowest BCUT2D eigenvalue weighted by atomic mass is 9.98. The Balaban J connectivity index is 1.52. The highest BCUT2D eigenvalue weighted by Gasteiger charge is 2.29. The molecule has 2 heterocycles. The number of hydrogen-bond acceptors (Lipinski definition) is 4. The predicted octanol–water partition coefficient (Wildman–Crippen LogP) is 2.45. The average molecular weight is 334 g/mol. The van der Waals surface area contributed by atoms with E-state index >= 15 is 0 Å². The van der Waals surface area contributed by atoms with Gasteiger partial charge in [-0.25, -0.2) is 0 Å². The standard InChI is InChI=1S/C18H26N2O2S/c1-19(16-8-10-23-13-16)12-18(21)20-9-7-15(11-20)14-3-5-17(22-2)6-4-14/h3-6,15-16H,7-13H2,1-2H3/t15-,16+/m1/s1. The number of likely N-dealkylation sites (tertiary alicyclic amines) is 1. The van der Waals surface area contributed by atoms with E-state index in [1.54, 1.807) is 7.11 Å². The number of carbonyl (C=O) groups is 1. The molecule has 2 aliphatic rings. The molecule has 2 aliphatic heterocycles. The van der Waals surface area contributed by atoms with Crippen LogP contribution in [0.1, 0.15) is 24.3 Å². The number of benzene rings is 1. The van der Waals surface area contributed by atoms with Crippen molar-refractivity contribution in [3.63, 3.8) is 0 Å². The summed E-state index contributed by atoms with van der Waals surface area (Å²) in [5, 5.41) is 0. The monoisotopic (exact) mass is 334 g/mol. The summed E-state index contributed by atoms with van der Waals surface area (Å²) >= 11 is 1.99. The molecule has 1 amide bonds. The van der Waals surface area contributed by atoms with Crippen LogP contribution in [-0.4, -0.2) is 67.0 Å². The van der Waals surface area contributed by atoms with Gasteiger partial charge in [-0.3, -0.25) is 9.69 Å². The van der Waals surface area contributed by atoms with E-state index in [-0.39, 0.29) is 5.91 Å². The molecule has 0 bridgehead atoms. The molecule has 0 saturated carbocycles. The number of nitrogens with zero attached hydrogens (tertiary/aromatic N) is 2. The van der Waals surface area contributed by atoms with Gasteiger partial charge in [0.15, 0.2) is 0 Å². The zero-order valence-corrected chi connectivity index (χ0v) is 14.8. The van der Waals surface area contributed by atoms with Gasteiger partial charge in [-0.15, -0.1) is 0 Å². The first-order chi connectivity index (χ1) is 11.2. The van der Waals surface area contributed by atoms with Crippen molar-refractivity contribution in [3.05, 3.63) is 29.8 Å². The van der Waals surface area contributed by atoms with Gasteiger partial charge >= 0.3 is 0 Å². The smallest absolute Gasteiger partial charge is 0.236 e. The van der Waals surface area contributed by atoms with Crippen LogP contribution in [0.4, 0.5) is 0 Å². The van der Waals surface area contributed by atoms with Crippen LogP contribution in [0, 0.1) is 0 Å². The predicted molar refractivity (Wildman–Crippen MR) is 95.3 cm³/mol. The number of methoxy groups -OCH3 is 1. The summed E-state index contributed by atoms with van der Waals surface area (Å²) in [5.41, 5.74) is 1.31. The third-order valence-corrected chi connectivity index (χ3v) is 6.19. The maximum Gasteiger partial charge on any atom is 0.236 e. The fraction of sp³-hybridized carbons (Fsp3) is 0.611. The van der Waals surface area contributed by atoms with Crippen molar-refractivity contribution in [1.82, 2.24) is 9.80 Å². The minimum absolute atomic E-state index is 0.278. The zero-order valence-electron chi connectivity index (χ0n) is 14.0. The summed E-state index contributed by atoms with van der Waals surface area (Å²) < 4.78 is 5.21. The molecule has 0 aromatic heterocycles. The molecule has 4 nitrogen and oxygen atoms in total. The molecule has 0 unspecified atom stereocenters. The zero-order chi connectivity index (χ0) is 16.2. The molecule has 0 spiro atoms. The molecule has 0 aliphatic carbocycles. The summed E-state index contributed by atoms with van der Waals surface area (Å²) in [6.45, 7) is 2.28. The van der Waals surface area contributed by atoms with Crippen LogP contribution < -0.4 is 4.74 Å². The van der Waals surface area contributed by atoms with Crippen molar-refractivity contribution < 1.29 is 9.53 Å². The average Bonchev–Trinajstić information content (AvgIpc) is 3.26. The summed E-state index contributed by atoms with van der Waals surface area (Å²) in [5.74, 6) is 4.01. The van der Waals surface area contributed by atoms with Crippen LogP contribution in [-0.2, 0) is 4.79 Å². The van der Waals surface area contributed by atoms with Crippen molar-refractivity contribution in [2.45, 2.75) is 24.8 Å². The number of likely N-dealkylation sites (N-methyl/N-ethyl adjacent to an activating group) is 1. The Morgan fingerprint density at radius 1 is 1.35 bits per heavy atom. The first kappa shape index (κ1) is 16.7. The molecule has 1 aromatic carbocycles. The van der Waals surface area contributed by atoms with E-state index in [1.165, 1.54) is 17.7 Å². The van der Waals surface area contributed by atoms with E-state index in [4.69, 9.17) is 4.74 Å². The topological polar surface area (TPSA) is 32.8 Å². The van der Waals surface area contributed by atoms with Crippen LogP contribution in [0.3, 0.4) is 0 Å². The first-order valence-corrected chi connectivity index (χ1v) is 9.52. The Labute approximate surface area is 143 Å². The molecular weight excluding hydrogens is 308 g/mol. The molecule has 2 atom stereocenters. The van der Waals surface area contributed by atoms with Crippen LogP contribution >= 0.6 is 11.8 Å². The summed E-state index contributed by atoms with van der Waals surface area (Å²) in [6.07, 6.45) is 2.27. The van der Waals surface area contributed by atoms with E-state index in [2.05, 4.69) is 24.1 Å². The Hall–Kier alpha value is -1.20. The van der Waals surface area contributed by atoms with Gasteiger partial charge in [-0.1, -0.05) is 12.1 Å². The highest BCUT2D eigenvalue weighted by molar-refractivity contribution is 7.99. The van der Waals surface area contributed by atoms with Gasteiger partial charge in [0, 0.05) is 30.8 Å². The Kier molecular flexibility index (Phi) is 5.49.